The molecule has 5 heteroatoms. The van der Waals surface area contributed by atoms with Crippen LogP contribution in [0.1, 0.15) is 31.4 Å². The number of hydrogen-bond donors (Lipinski definition) is 1. The van der Waals surface area contributed by atoms with Crippen LogP contribution in [0.15, 0.2) is 12.7 Å². The summed E-state index contributed by atoms with van der Waals surface area (Å²) in [6.45, 7) is 5.62. The van der Waals surface area contributed by atoms with Crippen LogP contribution in [0.5, 0.6) is 0 Å². The Labute approximate surface area is 111 Å². The van der Waals surface area contributed by atoms with Gasteiger partial charge in [-0.15, -0.1) is 0 Å². The minimum absolute atomic E-state index is 0.214. The Balaban J connectivity index is 2.58. The smallest absolute Gasteiger partial charge is 0.235 e. The number of aryl methyl sites for hydroxylation is 1. The van der Waals surface area contributed by atoms with E-state index in [-0.39, 0.29) is 17.7 Å². The van der Waals surface area contributed by atoms with Gasteiger partial charge in [-0.05, 0) is 13.3 Å². The summed E-state index contributed by atoms with van der Waals surface area (Å²) in [7, 11) is 1.84. The lowest BCUT2D eigenvalue weighted by atomic mass is 9.93. The lowest BCUT2D eigenvalue weighted by molar-refractivity contribution is -0.134. The van der Waals surface area contributed by atoms with Crippen molar-refractivity contribution in [3.8, 4) is 0 Å². The summed E-state index contributed by atoms with van der Waals surface area (Å²) >= 11 is 0. The van der Waals surface area contributed by atoms with Crippen LogP contribution in [0.25, 0.3) is 12.2 Å². The van der Waals surface area contributed by atoms with Crippen LogP contribution in [0, 0.1) is 0 Å². The van der Waals surface area contributed by atoms with Crippen molar-refractivity contribution in [2.75, 3.05) is 0 Å². The van der Waals surface area contributed by atoms with Crippen molar-refractivity contribution >= 4 is 24.0 Å². The molecular weight excluding hydrogens is 242 g/mol. The summed E-state index contributed by atoms with van der Waals surface area (Å²) in [4.78, 5) is 23.1. The third-order valence-corrected chi connectivity index (χ3v) is 3.29. The van der Waals surface area contributed by atoms with Crippen LogP contribution in [-0.4, -0.2) is 21.6 Å². The fourth-order valence-electron chi connectivity index (χ4n) is 2.42. The first kappa shape index (κ1) is 13.3. The van der Waals surface area contributed by atoms with Crippen LogP contribution in [0.2, 0.25) is 0 Å². The Kier molecular flexibility index (Phi) is 3.64. The highest BCUT2D eigenvalue weighted by Crippen LogP contribution is 2.20. The first-order valence-corrected chi connectivity index (χ1v) is 6.24. The van der Waals surface area contributed by atoms with Gasteiger partial charge in [0, 0.05) is 18.7 Å². The average molecular weight is 259 g/mol. The number of amides is 2. The van der Waals surface area contributed by atoms with Gasteiger partial charge in [-0.3, -0.25) is 19.6 Å². The molecule has 100 valence electrons. The highest BCUT2D eigenvalue weighted by atomic mass is 16.2. The Bertz CT molecular complexity index is 655. The number of piperidine rings is 1. The molecule has 0 radical (unpaired) electrons. The highest BCUT2D eigenvalue weighted by molar-refractivity contribution is 6.00. The molecule has 0 aromatic carbocycles. The monoisotopic (exact) mass is 259 g/mol. The number of imide groups is 1. The molecule has 1 aliphatic heterocycles. The van der Waals surface area contributed by atoms with Gasteiger partial charge in [0.2, 0.25) is 11.8 Å². The fraction of sp³-hybridized carbons (Fsp3) is 0.357. The summed E-state index contributed by atoms with van der Waals surface area (Å²) in [5, 5.41) is 8.64. The van der Waals surface area contributed by atoms with Crippen molar-refractivity contribution in [3.63, 3.8) is 0 Å². The van der Waals surface area contributed by atoms with Crippen molar-refractivity contribution in [1.82, 2.24) is 15.1 Å². The third kappa shape index (κ3) is 2.36. The first-order chi connectivity index (χ1) is 9.08. The molecule has 2 rings (SSSR count). The van der Waals surface area contributed by atoms with Gasteiger partial charge in [0.25, 0.3) is 0 Å². The maximum atomic E-state index is 11.9. The van der Waals surface area contributed by atoms with Crippen molar-refractivity contribution in [2.24, 2.45) is 7.05 Å². The minimum Gasteiger partial charge on any atom is -0.296 e. The number of hydrogen-bond acceptors (Lipinski definition) is 3. The van der Waals surface area contributed by atoms with Crippen LogP contribution in [0.4, 0.5) is 0 Å². The minimum atomic E-state index is -0.371. The van der Waals surface area contributed by atoms with Crippen molar-refractivity contribution in [3.05, 3.63) is 28.9 Å². The largest absolute Gasteiger partial charge is 0.296 e. The van der Waals surface area contributed by atoms with Gasteiger partial charge in [0.05, 0.1) is 17.0 Å². The predicted octanol–water partition coefficient (Wildman–Crippen LogP) is -0.293. The van der Waals surface area contributed by atoms with Gasteiger partial charge in [-0.1, -0.05) is 24.8 Å². The molecule has 1 saturated heterocycles. The quantitative estimate of drug-likeness (QED) is 0.742. The van der Waals surface area contributed by atoms with E-state index in [4.69, 9.17) is 0 Å². The third-order valence-electron chi connectivity index (χ3n) is 3.29. The van der Waals surface area contributed by atoms with E-state index >= 15 is 0 Å². The van der Waals surface area contributed by atoms with Gasteiger partial charge < -0.3 is 0 Å². The molecule has 1 aliphatic rings. The molecule has 1 aromatic rings. The number of aromatic nitrogens is 2. The molecule has 2 heterocycles. The van der Waals surface area contributed by atoms with Gasteiger partial charge in [-0.2, -0.15) is 5.10 Å². The van der Waals surface area contributed by atoms with E-state index in [0.29, 0.717) is 18.5 Å². The van der Waals surface area contributed by atoms with Crippen molar-refractivity contribution in [2.45, 2.75) is 25.7 Å². The first-order valence-electron chi connectivity index (χ1n) is 6.24. The standard InChI is InChI=1S/C14H17N3O2/c1-4-6-9-11(5-2)17(3)16-13(9)10-7-8-12(18)15-14(10)19/h4-6,10H,1,7-8H2,2-3H3,(H,15,18,19)/b9-6+,11-5+. The number of nitrogens with zero attached hydrogens (tertiary/aromatic N) is 2. The SMILES string of the molecule is C=C/C=c1/c(C2CCC(=O)NC2=O)nn(C)/c1=C/C. The molecule has 1 fully saturated rings. The van der Waals surface area contributed by atoms with E-state index in [1.807, 2.05) is 26.1 Å². The number of allylic oxidation sites excluding steroid dienone is 1. The van der Waals surface area contributed by atoms with E-state index in [0.717, 1.165) is 10.6 Å². The maximum absolute atomic E-state index is 11.9. The van der Waals surface area contributed by atoms with Gasteiger partial charge in [0.1, 0.15) is 0 Å². The van der Waals surface area contributed by atoms with Crippen molar-refractivity contribution in [1.29, 1.82) is 0 Å². The summed E-state index contributed by atoms with van der Waals surface area (Å²) in [5.41, 5.74) is 0.709. The van der Waals surface area contributed by atoms with Crippen molar-refractivity contribution < 1.29 is 9.59 Å². The van der Waals surface area contributed by atoms with Crippen LogP contribution in [0.3, 0.4) is 0 Å². The van der Waals surface area contributed by atoms with E-state index in [1.54, 1.807) is 10.8 Å². The molecule has 1 unspecified atom stereocenters. The van der Waals surface area contributed by atoms with E-state index in [1.165, 1.54) is 0 Å². The second-order valence-corrected chi connectivity index (χ2v) is 4.50. The summed E-state index contributed by atoms with van der Waals surface area (Å²) in [6, 6.07) is 0. The highest BCUT2D eigenvalue weighted by Gasteiger charge is 2.30. The zero-order valence-electron chi connectivity index (χ0n) is 11.1. The molecule has 19 heavy (non-hydrogen) atoms. The maximum Gasteiger partial charge on any atom is 0.235 e. The number of rotatable bonds is 2. The number of nitrogens with one attached hydrogen (secondary N) is 1. The molecule has 1 atom stereocenters. The lowest BCUT2D eigenvalue weighted by Crippen LogP contribution is -2.41. The van der Waals surface area contributed by atoms with Gasteiger partial charge in [-0.25, -0.2) is 0 Å². The average Bonchev–Trinajstić information content (AvgIpc) is 2.66. The molecule has 2 amide bonds. The second kappa shape index (κ2) is 5.22. The lowest BCUT2D eigenvalue weighted by Gasteiger charge is -2.18. The molecular formula is C14H17N3O2. The molecule has 0 spiro atoms. The normalized spacial score (nSPS) is 21.7. The molecule has 0 bridgehead atoms. The summed E-state index contributed by atoms with van der Waals surface area (Å²) in [6.07, 6.45) is 6.33. The van der Waals surface area contributed by atoms with Crippen LogP contribution in [-0.2, 0) is 16.6 Å². The zero-order chi connectivity index (χ0) is 14.0. The summed E-state index contributed by atoms with van der Waals surface area (Å²) in [5.74, 6) is -0.853. The zero-order valence-corrected chi connectivity index (χ0v) is 11.1. The Morgan fingerprint density at radius 2 is 2.21 bits per heavy atom. The molecule has 0 aliphatic carbocycles. The predicted molar refractivity (Wildman–Crippen MR) is 72.4 cm³/mol. The Morgan fingerprint density at radius 1 is 1.47 bits per heavy atom. The van der Waals surface area contributed by atoms with E-state index < -0.39 is 0 Å². The van der Waals surface area contributed by atoms with Gasteiger partial charge >= 0.3 is 0 Å². The molecule has 5 nitrogen and oxygen atoms in total. The Morgan fingerprint density at radius 3 is 2.79 bits per heavy atom. The topological polar surface area (TPSA) is 64.0 Å². The van der Waals surface area contributed by atoms with E-state index in [2.05, 4.69) is 17.0 Å². The van der Waals surface area contributed by atoms with Crippen LogP contribution >= 0.6 is 0 Å². The fourth-order valence-corrected chi connectivity index (χ4v) is 2.42. The van der Waals surface area contributed by atoms with Crippen LogP contribution < -0.4 is 15.9 Å². The van der Waals surface area contributed by atoms with E-state index in [9.17, 15) is 9.59 Å². The number of carbonyl (C=O) groups excluding carboxylic acids is 2. The van der Waals surface area contributed by atoms with Gasteiger partial charge in [0.15, 0.2) is 0 Å². The molecule has 0 saturated carbocycles. The second-order valence-electron chi connectivity index (χ2n) is 4.50. The summed E-state index contributed by atoms with van der Waals surface area (Å²) < 4.78 is 1.74. The molecule has 1 aromatic heterocycles. The molecule has 1 N–H and O–H groups in total. The Hall–Kier alpha value is -2.17. The number of carbonyl (C=O) groups is 2.